The maximum Gasteiger partial charge on any atom is 0.356 e. The van der Waals surface area contributed by atoms with E-state index < -0.39 is 5.25 Å². The lowest BCUT2D eigenvalue weighted by Gasteiger charge is -2.40. The number of hydrogen-bond donors (Lipinski definition) is 0. The van der Waals surface area contributed by atoms with E-state index in [2.05, 4.69) is 0 Å². The molecule has 0 aromatic heterocycles. The summed E-state index contributed by atoms with van der Waals surface area (Å²) >= 11 is 2.82. The Balaban J connectivity index is 2.44. The van der Waals surface area contributed by atoms with Crippen LogP contribution in [-0.2, 0) is 19.1 Å². The molecule has 0 N–H and O–H groups in total. The summed E-state index contributed by atoms with van der Waals surface area (Å²) in [5, 5.41) is -0.407. The van der Waals surface area contributed by atoms with Crippen molar-refractivity contribution in [2.75, 3.05) is 19.5 Å². The molecule has 0 amide bonds. The molecule has 126 valence electrons. The molecule has 0 bridgehead atoms. The van der Waals surface area contributed by atoms with Crippen molar-refractivity contribution >= 4 is 35.5 Å². The third kappa shape index (κ3) is 3.77. The van der Waals surface area contributed by atoms with Gasteiger partial charge in [-0.25, -0.2) is 4.79 Å². The Labute approximate surface area is 145 Å². The molecule has 0 spiro atoms. The molecule has 0 aromatic rings. The monoisotopic (exact) mass is 355 g/mol. The van der Waals surface area contributed by atoms with Crippen molar-refractivity contribution in [2.45, 2.75) is 32.1 Å². The minimum absolute atomic E-state index is 0.251. The summed E-state index contributed by atoms with van der Waals surface area (Å²) in [4.78, 5) is 26.6. The zero-order chi connectivity index (χ0) is 17.0. The first-order valence-corrected chi connectivity index (χ1v) is 9.57. The van der Waals surface area contributed by atoms with E-state index in [-0.39, 0.29) is 18.0 Å². The van der Waals surface area contributed by atoms with Gasteiger partial charge in [0.15, 0.2) is 0 Å². The van der Waals surface area contributed by atoms with Crippen molar-refractivity contribution in [3.63, 3.8) is 0 Å². The summed E-state index contributed by atoms with van der Waals surface area (Å²) in [5.74, 6) is -0.629. The van der Waals surface area contributed by atoms with Crippen molar-refractivity contribution in [3.05, 3.63) is 33.9 Å². The second-order valence-corrected chi connectivity index (χ2v) is 7.20. The number of esters is 2. The molecule has 0 saturated heterocycles. The minimum atomic E-state index is -0.407. The van der Waals surface area contributed by atoms with Gasteiger partial charge >= 0.3 is 11.9 Å². The number of thioether (sulfide) groups is 2. The second-order valence-electron chi connectivity index (χ2n) is 4.98. The van der Waals surface area contributed by atoms with Gasteiger partial charge in [0.25, 0.3) is 0 Å². The van der Waals surface area contributed by atoms with Crippen LogP contribution in [-0.4, -0.2) is 47.6 Å². The molecule has 0 unspecified atom stereocenters. The molecule has 0 aromatic carbocycles. The maximum absolute atomic E-state index is 12.4. The van der Waals surface area contributed by atoms with Crippen LogP contribution in [0.3, 0.4) is 0 Å². The fraction of sp³-hybridized carbons (Fsp3) is 0.500. The molecule has 2 heterocycles. The topological polar surface area (TPSA) is 55.8 Å². The second kappa shape index (κ2) is 7.97. The summed E-state index contributed by atoms with van der Waals surface area (Å²) in [6.45, 7) is 6.19. The highest BCUT2D eigenvalue weighted by molar-refractivity contribution is 8.22. The van der Waals surface area contributed by atoms with E-state index in [1.165, 1.54) is 23.5 Å². The molecular formula is C16H21NO4S2. The Morgan fingerprint density at radius 3 is 2.61 bits per heavy atom. The third-order valence-corrected chi connectivity index (χ3v) is 5.91. The molecule has 0 aliphatic carbocycles. The number of ether oxygens (including phenoxy) is 2. The lowest BCUT2D eigenvalue weighted by Crippen LogP contribution is -2.47. The third-order valence-electron chi connectivity index (χ3n) is 3.42. The van der Waals surface area contributed by atoms with E-state index in [4.69, 9.17) is 9.47 Å². The van der Waals surface area contributed by atoms with Crippen molar-refractivity contribution in [2.24, 2.45) is 0 Å². The molecule has 2 aliphatic heterocycles. The van der Waals surface area contributed by atoms with E-state index in [9.17, 15) is 9.59 Å². The number of allylic oxidation sites excluding steroid dienone is 2. The van der Waals surface area contributed by atoms with E-state index >= 15 is 0 Å². The molecule has 5 nitrogen and oxygen atoms in total. The summed E-state index contributed by atoms with van der Waals surface area (Å²) in [6, 6.07) is -0.251. The van der Waals surface area contributed by atoms with E-state index in [0.29, 0.717) is 18.9 Å². The van der Waals surface area contributed by atoms with Crippen LogP contribution in [0.15, 0.2) is 33.9 Å². The summed E-state index contributed by atoms with van der Waals surface area (Å²) < 4.78 is 11.2. The average molecular weight is 355 g/mol. The molecule has 0 fully saturated rings. The zero-order valence-electron chi connectivity index (χ0n) is 13.7. The van der Waals surface area contributed by atoms with Crippen molar-refractivity contribution < 1.29 is 19.1 Å². The number of nitrogens with zero attached hydrogens (tertiary/aromatic N) is 1. The first-order chi connectivity index (χ1) is 11.0. The fourth-order valence-electron chi connectivity index (χ4n) is 2.45. The van der Waals surface area contributed by atoms with Gasteiger partial charge in [-0.15, -0.1) is 11.8 Å². The van der Waals surface area contributed by atoms with E-state index in [1.54, 1.807) is 13.8 Å². The van der Waals surface area contributed by atoms with Crippen LogP contribution in [0.2, 0.25) is 0 Å². The molecule has 2 atom stereocenters. The highest BCUT2D eigenvalue weighted by Crippen LogP contribution is 2.44. The molecule has 0 radical (unpaired) electrons. The zero-order valence-corrected chi connectivity index (χ0v) is 15.3. The molecule has 7 heteroatoms. The van der Waals surface area contributed by atoms with Gasteiger partial charge in [-0.05, 0) is 33.1 Å². The average Bonchev–Trinajstić information content (AvgIpc) is 2.53. The van der Waals surface area contributed by atoms with Crippen molar-refractivity contribution in [1.29, 1.82) is 0 Å². The number of fused-ring (bicyclic) bond motifs is 1. The molecular weight excluding hydrogens is 334 g/mol. The Bertz CT molecular complexity index is 583. The van der Waals surface area contributed by atoms with Crippen LogP contribution in [0, 0.1) is 0 Å². The van der Waals surface area contributed by atoms with Gasteiger partial charge in [0.05, 0.1) is 23.5 Å². The summed E-state index contributed by atoms with van der Waals surface area (Å²) in [5.41, 5.74) is 1.55. The number of rotatable bonds is 5. The normalized spacial score (nSPS) is 23.3. The lowest BCUT2D eigenvalue weighted by molar-refractivity contribution is -0.144. The summed E-state index contributed by atoms with van der Waals surface area (Å²) in [7, 11) is 0. The van der Waals surface area contributed by atoms with Crippen LogP contribution in [0.1, 0.15) is 20.8 Å². The maximum atomic E-state index is 12.4. The van der Waals surface area contributed by atoms with Gasteiger partial charge < -0.3 is 14.4 Å². The Morgan fingerprint density at radius 2 is 2.00 bits per heavy atom. The smallest absolute Gasteiger partial charge is 0.356 e. The predicted molar refractivity (Wildman–Crippen MR) is 93.7 cm³/mol. The summed E-state index contributed by atoms with van der Waals surface area (Å²) in [6.07, 6.45) is 7.64. The quantitative estimate of drug-likeness (QED) is 0.703. The van der Waals surface area contributed by atoms with Gasteiger partial charge in [-0.1, -0.05) is 23.4 Å². The fourth-order valence-corrected chi connectivity index (χ4v) is 4.57. The van der Waals surface area contributed by atoms with Crippen LogP contribution in [0.4, 0.5) is 0 Å². The highest BCUT2D eigenvalue weighted by atomic mass is 32.2. The van der Waals surface area contributed by atoms with Gasteiger partial charge in [-0.3, -0.25) is 4.79 Å². The lowest BCUT2D eigenvalue weighted by atomic mass is 10.0. The van der Waals surface area contributed by atoms with Gasteiger partial charge in [0, 0.05) is 6.20 Å². The first-order valence-electron chi connectivity index (χ1n) is 7.47. The number of carbonyl (C=O) groups is 2. The van der Waals surface area contributed by atoms with Gasteiger partial charge in [-0.2, -0.15) is 0 Å². The molecule has 0 saturated carbocycles. The first kappa shape index (κ1) is 18.0. The predicted octanol–water partition coefficient (Wildman–Crippen LogP) is 2.90. The van der Waals surface area contributed by atoms with Crippen LogP contribution in [0.25, 0.3) is 0 Å². The van der Waals surface area contributed by atoms with Crippen LogP contribution in [0.5, 0.6) is 0 Å². The van der Waals surface area contributed by atoms with E-state index in [0.717, 1.165) is 9.81 Å². The highest BCUT2D eigenvalue weighted by Gasteiger charge is 2.43. The number of hydrogen-bond acceptors (Lipinski definition) is 7. The SMILES string of the molecule is CCOC(=O)C1=C(SC)S[C@H](C(=O)OCC)[C@H]2C=C(C)C=CN12. The molecule has 2 aliphatic rings. The van der Waals surface area contributed by atoms with Crippen molar-refractivity contribution in [3.8, 4) is 0 Å². The Kier molecular flexibility index (Phi) is 6.24. The largest absolute Gasteiger partial charge is 0.465 e. The van der Waals surface area contributed by atoms with Gasteiger partial charge in [0.2, 0.25) is 0 Å². The molecule has 23 heavy (non-hydrogen) atoms. The standard InChI is InChI=1S/C16H21NO4S2/c1-5-20-14(18)12-16(22-4)23-13(15(19)21-6-2)11-9-10(3)7-8-17(11)12/h7-9,11,13H,5-6H2,1-4H3/t11-,13+/m1/s1. The van der Waals surface area contributed by atoms with Crippen LogP contribution < -0.4 is 0 Å². The Hall–Kier alpha value is -1.34. The number of carbonyl (C=O) groups excluding carboxylic acids is 2. The van der Waals surface area contributed by atoms with Crippen molar-refractivity contribution in [1.82, 2.24) is 4.90 Å². The molecule has 2 rings (SSSR count). The van der Waals surface area contributed by atoms with E-state index in [1.807, 2.05) is 36.4 Å². The Morgan fingerprint density at radius 1 is 1.30 bits per heavy atom. The minimum Gasteiger partial charge on any atom is -0.465 e. The van der Waals surface area contributed by atoms with Crippen LogP contribution >= 0.6 is 23.5 Å². The van der Waals surface area contributed by atoms with Gasteiger partial charge in [0.1, 0.15) is 10.9 Å².